The molecule has 2 N–H and O–H groups in total. The summed E-state index contributed by atoms with van der Waals surface area (Å²) >= 11 is 3.52. The quantitative estimate of drug-likeness (QED) is 0.320. The van der Waals surface area contributed by atoms with Crippen molar-refractivity contribution < 1.29 is 23.9 Å². The van der Waals surface area contributed by atoms with E-state index < -0.39 is 24.4 Å². The molecule has 8 nitrogen and oxygen atoms in total. The predicted octanol–water partition coefficient (Wildman–Crippen LogP) is 5.12. The number of ether oxygens (including phenoxy) is 2. The summed E-state index contributed by atoms with van der Waals surface area (Å²) in [6, 6.07) is 10.3. The topological polar surface area (TPSA) is 97.0 Å². The van der Waals surface area contributed by atoms with Gasteiger partial charge in [0.1, 0.15) is 12.2 Å². The lowest BCUT2D eigenvalue weighted by Crippen LogP contribution is -2.38. The summed E-state index contributed by atoms with van der Waals surface area (Å²) in [5.41, 5.74) is 2.33. The fourth-order valence-corrected chi connectivity index (χ4v) is 4.05. The van der Waals surface area contributed by atoms with Crippen LogP contribution in [0.1, 0.15) is 45.2 Å². The van der Waals surface area contributed by atoms with Crippen LogP contribution in [0.15, 0.2) is 46.6 Å². The Morgan fingerprint density at radius 2 is 1.94 bits per heavy atom. The molecule has 0 aliphatic carbocycles. The number of hydrogen-bond donors (Lipinski definition) is 2. The number of urea groups is 1. The molecular weight excluding hydrogens is 514 g/mol. The van der Waals surface area contributed by atoms with Crippen LogP contribution in [0, 0.1) is 0 Å². The van der Waals surface area contributed by atoms with Crippen molar-refractivity contribution in [2.24, 2.45) is 0 Å². The van der Waals surface area contributed by atoms with E-state index in [4.69, 9.17) is 9.47 Å². The van der Waals surface area contributed by atoms with Gasteiger partial charge in [0.25, 0.3) is 5.91 Å². The Balaban J connectivity index is 1.78. The van der Waals surface area contributed by atoms with Crippen molar-refractivity contribution in [3.63, 3.8) is 0 Å². The van der Waals surface area contributed by atoms with E-state index in [1.165, 1.54) is 0 Å². The van der Waals surface area contributed by atoms with Crippen molar-refractivity contribution in [3.8, 4) is 11.5 Å². The Morgan fingerprint density at radius 3 is 2.63 bits per heavy atom. The average molecular weight is 544 g/mol. The van der Waals surface area contributed by atoms with Crippen molar-refractivity contribution in [3.05, 3.63) is 57.7 Å². The monoisotopic (exact) mass is 543 g/mol. The van der Waals surface area contributed by atoms with Crippen LogP contribution in [0.2, 0.25) is 0 Å². The summed E-state index contributed by atoms with van der Waals surface area (Å²) in [5, 5.41) is 5.33. The molecule has 0 spiro atoms. The van der Waals surface area contributed by atoms with E-state index in [2.05, 4.69) is 26.6 Å². The van der Waals surface area contributed by atoms with E-state index in [1.54, 1.807) is 24.3 Å². The van der Waals surface area contributed by atoms with Crippen molar-refractivity contribution >= 4 is 45.5 Å². The highest BCUT2D eigenvalue weighted by Crippen LogP contribution is 2.38. The van der Waals surface area contributed by atoms with Crippen molar-refractivity contribution in [2.45, 2.75) is 46.6 Å². The molecule has 4 amide bonds. The molecule has 9 heteroatoms. The minimum atomic E-state index is -0.652. The van der Waals surface area contributed by atoms with Gasteiger partial charge in [0.15, 0.2) is 11.5 Å². The van der Waals surface area contributed by atoms with Gasteiger partial charge in [-0.2, -0.15) is 0 Å². The maximum absolute atomic E-state index is 12.9. The molecule has 0 bridgehead atoms. The maximum Gasteiger partial charge on any atom is 0.329 e. The van der Waals surface area contributed by atoms with Gasteiger partial charge < -0.3 is 20.1 Å². The standard InChI is InChI=1S/C26H30BrN3O5/c1-5-16(4)35-24-19(27)12-17(14-22(24)34-7-3)13-21-25(32)30(26(33)29-21)15-23(31)28-20-11-9-8-10-18(20)6-2/h8-14,16H,5-7,15H2,1-4H3,(H,28,31)(H,29,33)/b21-13+/t16-/m0/s1. The molecule has 3 rings (SSSR count). The molecule has 0 saturated carbocycles. The van der Waals surface area contributed by atoms with Gasteiger partial charge in [-0.15, -0.1) is 0 Å². The number of aryl methyl sites for hydroxylation is 1. The zero-order chi connectivity index (χ0) is 25.5. The Hall–Kier alpha value is -3.33. The van der Waals surface area contributed by atoms with Crippen molar-refractivity contribution in [1.82, 2.24) is 10.2 Å². The van der Waals surface area contributed by atoms with Gasteiger partial charge in [-0.05, 0) is 78.0 Å². The molecular formula is C26H30BrN3O5. The number of hydrogen-bond acceptors (Lipinski definition) is 5. The van der Waals surface area contributed by atoms with Crippen LogP contribution in [0.5, 0.6) is 11.5 Å². The maximum atomic E-state index is 12.9. The summed E-state index contributed by atoms with van der Waals surface area (Å²) in [6.45, 7) is 7.89. The highest BCUT2D eigenvalue weighted by atomic mass is 79.9. The minimum absolute atomic E-state index is 0.00518. The molecule has 1 aliphatic heterocycles. The largest absolute Gasteiger partial charge is 0.490 e. The second-order valence-electron chi connectivity index (χ2n) is 8.04. The smallest absolute Gasteiger partial charge is 0.329 e. The van der Waals surface area contributed by atoms with Crippen LogP contribution in [0.4, 0.5) is 10.5 Å². The van der Waals surface area contributed by atoms with Gasteiger partial charge in [0, 0.05) is 5.69 Å². The number of imide groups is 1. The molecule has 0 unspecified atom stereocenters. The summed E-state index contributed by atoms with van der Waals surface area (Å²) < 4.78 is 12.4. The molecule has 0 aromatic heterocycles. The number of nitrogens with one attached hydrogen (secondary N) is 2. The molecule has 1 aliphatic rings. The normalized spacial score (nSPS) is 15.2. The first-order valence-electron chi connectivity index (χ1n) is 11.6. The summed E-state index contributed by atoms with van der Waals surface area (Å²) in [5.74, 6) is 0.0684. The van der Waals surface area contributed by atoms with Crippen LogP contribution in [-0.4, -0.2) is 42.0 Å². The third-order valence-corrected chi connectivity index (χ3v) is 6.06. The Kier molecular flexibility index (Phi) is 8.92. The van der Waals surface area contributed by atoms with Gasteiger partial charge >= 0.3 is 6.03 Å². The molecule has 1 atom stereocenters. The number of anilines is 1. The van der Waals surface area contributed by atoms with E-state index >= 15 is 0 Å². The highest BCUT2D eigenvalue weighted by molar-refractivity contribution is 9.10. The first kappa shape index (κ1) is 26.3. The average Bonchev–Trinajstić information content (AvgIpc) is 3.08. The van der Waals surface area contributed by atoms with Crippen molar-refractivity contribution in [1.29, 1.82) is 0 Å². The van der Waals surface area contributed by atoms with E-state index in [0.717, 1.165) is 23.3 Å². The number of nitrogens with zero attached hydrogens (tertiary/aromatic N) is 1. The lowest BCUT2D eigenvalue weighted by Gasteiger charge is -2.18. The van der Waals surface area contributed by atoms with Crippen LogP contribution >= 0.6 is 15.9 Å². The third-order valence-electron chi connectivity index (χ3n) is 5.47. The second kappa shape index (κ2) is 11.9. The Morgan fingerprint density at radius 1 is 1.20 bits per heavy atom. The van der Waals surface area contributed by atoms with E-state index in [9.17, 15) is 14.4 Å². The molecule has 1 saturated heterocycles. The zero-order valence-corrected chi connectivity index (χ0v) is 21.9. The van der Waals surface area contributed by atoms with Gasteiger partial charge in [-0.25, -0.2) is 9.69 Å². The summed E-state index contributed by atoms with van der Waals surface area (Å²) in [7, 11) is 0. The number of carbonyl (C=O) groups excluding carboxylic acids is 3. The van der Waals surface area contributed by atoms with E-state index in [-0.39, 0.29) is 11.8 Å². The lowest BCUT2D eigenvalue weighted by atomic mass is 10.1. The molecule has 1 fully saturated rings. The summed E-state index contributed by atoms with van der Waals surface area (Å²) in [6.07, 6.45) is 3.12. The molecule has 186 valence electrons. The number of halogens is 1. The molecule has 0 radical (unpaired) electrons. The fraction of sp³-hybridized carbons (Fsp3) is 0.346. The number of amides is 4. The van der Waals surface area contributed by atoms with Crippen LogP contribution in [-0.2, 0) is 16.0 Å². The van der Waals surface area contributed by atoms with Crippen LogP contribution in [0.25, 0.3) is 6.08 Å². The van der Waals surface area contributed by atoms with Gasteiger partial charge in [-0.1, -0.05) is 32.0 Å². The van der Waals surface area contributed by atoms with E-state index in [0.29, 0.717) is 33.8 Å². The Labute approximate surface area is 213 Å². The number of carbonyl (C=O) groups is 3. The second-order valence-corrected chi connectivity index (χ2v) is 8.89. The van der Waals surface area contributed by atoms with Gasteiger partial charge in [0.05, 0.1) is 17.2 Å². The van der Waals surface area contributed by atoms with Crippen LogP contribution < -0.4 is 20.1 Å². The molecule has 35 heavy (non-hydrogen) atoms. The lowest BCUT2D eigenvalue weighted by molar-refractivity contribution is -0.127. The van der Waals surface area contributed by atoms with E-state index in [1.807, 2.05) is 45.9 Å². The van der Waals surface area contributed by atoms with Gasteiger partial charge in [0.2, 0.25) is 5.91 Å². The molecule has 2 aromatic rings. The molecule has 1 heterocycles. The number of benzene rings is 2. The highest BCUT2D eigenvalue weighted by Gasteiger charge is 2.35. The zero-order valence-electron chi connectivity index (χ0n) is 20.3. The third kappa shape index (κ3) is 6.42. The number of rotatable bonds is 10. The summed E-state index contributed by atoms with van der Waals surface area (Å²) in [4.78, 5) is 38.8. The fourth-order valence-electron chi connectivity index (χ4n) is 3.50. The number of para-hydroxylation sites is 1. The molecule has 2 aromatic carbocycles. The first-order valence-corrected chi connectivity index (χ1v) is 12.4. The van der Waals surface area contributed by atoms with Gasteiger partial charge in [-0.3, -0.25) is 9.59 Å². The Bertz CT molecular complexity index is 1150. The predicted molar refractivity (Wildman–Crippen MR) is 138 cm³/mol. The van der Waals surface area contributed by atoms with Crippen LogP contribution in [0.3, 0.4) is 0 Å². The minimum Gasteiger partial charge on any atom is -0.490 e. The SMILES string of the molecule is CCOc1cc(/C=C2/NC(=O)N(CC(=O)Nc3ccccc3CC)C2=O)cc(Br)c1O[C@@H](C)CC. The first-order chi connectivity index (χ1) is 16.8. The van der Waals surface area contributed by atoms with Crippen molar-refractivity contribution in [2.75, 3.05) is 18.5 Å².